The maximum atomic E-state index is 2.30. The summed E-state index contributed by atoms with van der Waals surface area (Å²) in [5.74, 6) is 0. The minimum absolute atomic E-state index is 0.465. The van der Waals surface area contributed by atoms with Gasteiger partial charge in [0.25, 0.3) is 0 Å². The predicted molar refractivity (Wildman–Crippen MR) is 83.8 cm³/mol. The molecule has 0 aliphatic carbocycles. The zero-order chi connectivity index (χ0) is 12.7. The quantitative estimate of drug-likeness (QED) is 0.353. The van der Waals surface area contributed by atoms with Gasteiger partial charge < -0.3 is 0 Å². The normalized spacial score (nSPS) is 11.2. The first-order valence-corrected chi connectivity index (χ1v) is 8.22. The van der Waals surface area contributed by atoms with Crippen LogP contribution in [-0.4, -0.2) is 14.5 Å². The molecule has 4 rings (SSSR count). The number of hydrogen-bond donors (Lipinski definition) is 0. The van der Waals surface area contributed by atoms with E-state index in [2.05, 4.69) is 71.7 Å². The van der Waals surface area contributed by atoms with Gasteiger partial charge in [0.2, 0.25) is 0 Å². The Morgan fingerprint density at radius 2 is 1.26 bits per heavy atom. The van der Waals surface area contributed by atoms with Crippen molar-refractivity contribution in [2.45, 2.75) is 0 Å². The van der Waals surface area contributed by atoms with Crippen LogP contribution in [0.4, 0.5) is 0 Å². The van der Waals surface area contributed by atoms with Crippen molar-refractivity contribution < 1.29 is 0 Å². The van der Waals surface area contributed by atoms with E-state index in [0.29, 0.717) is 14.5 Å². The molecule has 1 heteroatoms. The van der Waals surface area contributed by atoms with Crippen LogP contribution in [0.15, 0.2) is 71.7 Å². The van der Waals surface area contributed by atoms with Crippen LogP contribution >= 0.6 is 0 Å². The first-order valence-electron chi connectivity index (χ1n) is 6.38. The molecule has 90 valence electrons. The van der Waals surface area contributed by atoms with Gasteiger partial charge in [0.15, 0.2) is 0 Å². The summed E-state index contributed by atoms with van der Waals surface area (Å²) < 4.78 is 1.49. The number of fused-ring (bicyclic) bond motifs is 2. The van der Waals surface area contributed by atoms with Gasteiger partial charge in [0, 0.05) is 0 Å². The summed E-state index contributed by atoms with van der Waals surface area (Å²) in [6.45, 7) is 0. The zero-order valence-corrected chi connectivity index (χ0v) is 12.0. The topological polar surface area (TPSA) is 0 Å². The Morgan fingerprint density at radius 3 is 1.84 bits per heavy atom. The van der Waals surface area contributed by atoms with E-state index in [1.165, 1.54) is 31.5 Å². The van der Waals surface area contributed by atoms with Gasteiger partial charge in [0.1, 0.15) is 0 Å². The summed E-state index contributed by atoms with van der Waals surface area (Å²) >= 11 is 0.465. The van der Waals surface area contributed by atoms with E-state index in [1.807, 2.05) is 0 Å². The first-order chi connectivity index (χ1) is 9.43. The van der Waals surface area contributed by atoms with Crippen LogP contribution in [0.2, 0.25) is 0 Å². The fraction of sp³-hybridized carbons (Fsp3) is 0. The Bertz CT molecular complexity index is 803. The van der Waals surface area contributed by atoms with Crippen molar-refractivity contribution in [1.82, 2.24) is 0 Å². The Kier molecular flexibility index (Phi) is 2.55. The number of hydrogen-bond acceptors (Lipinski definition) is 0. The van der Waals surface area contributed by atoms with Gasteiger partial charge in [-0.3, -0.25) is 0 Å². The second-order valence-electron chi connectivity index (χ2n) is 4.67. The number of benzene rings is 3. The van der Waals surface area contributed by atoms with E-state index < -0.39 is 0 Å². The Hall–Kier alpha value is -1.82. The van der Waals surface area contributed by atoms with Gasteiger partial charge in [-0.25, -0.2) is 0 Å². The van der Waals surface area contributed by atoms with Crippen LogP contribution in [0.3, 0.4) is 0 Å². The second-order valence-corrected chi connectivity index (χ2v) is 6.66. The molecule has 0 saturated heterocycles. The van der Waals surface area contributed by atoms with E-state index >= 15 is 0 Å². The van der Waals surface area contributed by atoms with E-state index in [9.17, 15) is 0 Å². The molecule has 0 N–H and O–H groups in total. The minimum atomic E-state index is 0.465. The van der Waals surface area contributed by atoms with Crippen molar-refractivity contribution >= 4 is 36.0 Å². The molecule has 0 aliphatic heterocycles. The van der Waals surface area contributed by atoms with E-state index in [4.69, 9.17) is 0 Å². The zero-order valence-electron chi connectivity index (χ0n) is 10.3. The third-order valence-corrected chi connectivity index (χ3v) is 5.40. The Labute approximate surface area is 118 Å². The molecular formula is C18H12Se. The molecule has 0 aliphatic rings. The second kappa shape index (κ2) is 4.38. The first kappa shape index (κ1) is 11.0. The molecule has 0 nitrogen and oxygen atoms in total. The molecule has 0 unspecified atom stereocenters. The van der Waals surface area contributed by atoms with Gasteiger partial charge in [0.05, 0.1) is 0 Å². The van der Waals surface area contributed by atoms with Gasteiger partial charge in [-0.15, -0.1) is 0 Å². The van der Waals surface area contributed by atoms with Crippen molar-refractivity contribution in [2.24, 2.45) is 0 Å². The van der Waals surface area contributed by atoms with E-state index in [1.54, 1.807) is 0 Å². The van der Waals surface area contributed by atoms with Crippen LogP contribution in [0.25, 0.3) is 31.5 Å². The molecule has 0 saturated carbocycles. The van der Waals surface area contributed by atoms with E-state index in [0.717, 1.165) is 0 Å². The monoisotopic (exact) mass is 308 g/mol. The molecule has 0 spiro atoms. The summed E-state index contributed by atoms with van der Waals surface area (Å²) in [6.07, 6.45) is 0. The molecule has 0 atom stereocenters. The molecule has 1 aromatic heterocycles. The summed E-state index contributed by atoms with van der Waals surface area (Å²) in [5, 5.41) is 5.41. The molecular weight excluding hydrogens is 295 g/mol. The molecule has 0 amide bonds. The average Bonchev–Trinajstić information content (AvgIpc) is 2.98. The van der Waals surface area contributed by atoms with Crippen molar-refractivity contribution in [3.8, 4) is 10.0 Å². The van der Waals surface area contributed by atoms with Crippen molar-refractivity contribution in [3.05, 3.63) is 71.7 Å². The average molecular weight is 307 g/mol. The fourth-order valence-corrected chi connectivity index (χ4v) is 4.38. The van der Waals surface area contributed by atoms with Gasteiger partial charge >= 0.3 is 118 Å². The fourth-order valence-electron chi connectivity index (χ4n) is 2.70. The molecule has 1 heterocycles. The predicted octanol–water partition coefficient (Wildman–Crippen LogP) is 4.72. The van der Waals surface area contributed by atoms with Gasteiger partial charge in [-0.2, -0.15) is 0 Å². The summed E-state index contributed by atoms with van der Waals surface area (Å²) in [7, 11) is 0. The van der Waals surface area contributed by atoms with Crippen molar-refractivity contribution in [1.29, 1.82) is 0 Å². The third-order valence-electron chi connectivity index (χ3n) is 3.54. The van der Waals surface area contributed by atoms with Crippen LogP contribution in [-0.2, 0) is 0 Å². The molecule has 3 aromatic carbocycles. The van der Waals surface area contributed by atoms with Crippen molar-refractivity contribution in [2.75, 3.05) is 0 Å². The Balaban J connectivity index is 2.27. The SMILES string of the molecule is c1c[se]c(-c2c3ccccc3cc3ccccc23)c1. The van der Waals surface area contributed by atoms with Crippen LogP contribution in [0, 0.1) is 0 Å². The summed E-state index contributed by atoms with van der Waals surface area (Å²) in [6, 6.07) is 24.2. The van der Waals surface area contributed by atoms with Crippen LogP contribution in [0.1, 0.15) is 0 Å². The van der Waals surface area contributed by atoms with Crippen LogP contribution < -0.4 is 0 Å². The molecule has 0 fully saturated rings. The molecule has 19 heavy (non-hydrogen) atoms. The summed E-state index contributed by atoms with van der Waals surface area (Å²) in [5.41, 5.74) is 1.43. The van der Waals surface area contributed by atoms with Crippen LogP contribution in [0.5, 0.6) is 0 Å². The molecule has 0 radical (unpaired) electrons. The number of rotatable bonds is 1. The van der Waals surface area contributed by atoms with Gasteiger partial charge in [-0.05, 0) is 0 Å². The van der Waals surface area contributed by atoms with E-state index in [-0.39, 0.29) is 0 Å². The summed E-state index contributed by atoms with van der Waals surface area (Å²) in [4.78, 5) is 2.29. The molecule has 4 aromatic rings. The third kappa shape index (κ3) is 1.74. The molecule has 0 bridgehead atoms. The Morgan fingerprint density at radius 1 is 0.632 bits per heavy atom. The standard InChI is InChI=1S/C18H12Se/c1-3-8-15-13(6-1)12-14-7-2-4-9-16(14)18(15)17-10-5-11-19-17/h1-12H. The van der Waals surface area contributed by atoms with Gasteiger partial charge in [-0.1, -0.05) is 0 Å². The van der Waals surface area contributed by atoms with Crippen molar-refractivity contribution in [3.63, 3.8) is 0 Å². The maximum absolute atomic E-state index is 2.30.